The van der Waals surface area contributed by atoms with E-state index in [-0.39, 0.29) is 18.7 Å². The van der Waals surface area contributed by atoms with Crippen molar-refractivity contribution in [3.63, 3.8) is 0 Å². The van der Waals surface area contributed by atoms with Crippen LogP contribution in [0.4, 0.5) is 13.2 Å². The number of aromatic nitrogens is 3. The van der Waals surface area contributed by atoms with Crippen molar-refractivity contribution < 1.29 is 28.0 Å². The van der Waals surface area contributed by atoms with Crippen LogP contribution in [0.5, 0.6) is 0 Å². The summed E-state index contributed by atoms with van der Waals surface area (Å²) in [6, 6.07) is 14.7. The van der Waals surface area contributed by atoms with Gasteiger partial charge in [-0.05, 0) is 34.9 Å². The monoisotopic (exact) mass is 483 g/mol. The van der Waals surface area contributed by atoms with E-state index in [2.05, 4.69) is 15.6 Å². The van der Waals surface area contributed by atoms with Crippen LogP contribution in [0.25, 0.3) is 10.8 Å². The normalized spacial score (nSPS) is 11.9. The van der Waals surface area contributed by atoms with Crippen molar-refractivity contribution in [2.45, 2.75) is 25.4 Å². The smallest absolute Gasteiger partial charge is 0.254 e. The summed E-state index contributed by atoms with van der Waals surface area (Å²) in [7, 11) is 0. The predicted molar refractivity (Wildman–Crippen MR) is 119 cm³/mol. The van der Waals surface area contributed by atoms with Gasteiger partial charge in [0.1, 0.15) is 5.69 Å². The molecule has 0 bridgehead atoms. The first-order valence-electron chi connectivity index (χ1n) is 10.6. The Balaban J connectivity index is 1.49. The van der Waals surface area contributed by atoms with Gasteiger partial charge in [-0.25, -0.2) is 23.3 Å². The quantitative estimate of drug-likeness (QED) is 0.202. The topological polar surface area (TPSA) is 109 Å². The van der Waals surface area contributed by atoms with E-state index in [1.54, 1.807) is 5.48 Å². The number of rotatable bonds is 8. The Morgan fingerprint density at radius 1 is 1.00 bits per heavy atom. The molecule has 0 radical (unpaired) electrons. The van der Waals surface area contributed by atoms with Gasteiger partial charge >= 0.3 is 0 Å². The molecule has 1 atom stereocenters. The summed E-state index contributed by atoms with van der Waals surface area (Å²) < 4.78 is 41.8. The van der Waals surface area contributed by atoms with E-state index in [4.69, 9.17) is 5.21 Å². The summed E-state index contributed by atoms with van der Waals surface area (Å²) in [5.74, 6) is -6.29. The minimum atomic E-state index is -1.73. The average Bonchev–Trinajstić information content (AvgIpc) is 3.34. The molecule has 3 aromatic carbocycles. The average molecular weight is 483 g/mol. The predicted octanol–water partition coefficient (Wildman–Crippen LogP) is 3.46. The highest BCUT2D eigenvalue weighted by Gasteiger charge is 2.21. The zero-order chi connectivity index (χ0) is 24.9. The van der Waals surface area contributed by atoms with Crippen LogP contribution in [0.15, 0.2) is 60.8 Å². The van der Waals surface area contributed by atoms with Crippen LogP contribution in [0, 0.1) is 17.5 Å². The van der Waals surface area contributed by atoms with Crippen LogP contribution in [-0.4, -0.2) is 32.0 Å². The Labute approximate surface area is 197 Å². The standard InChI is InChI=1S/C24H20F3N5O3/c25-20-8-7-19(22(26)23(20)27)24(34)28-12-17-13-32(31-29-17)18(11-21(33)30-35)10-14-5-6-15-3-1-2-4-16(15)9-14/h1-9,13,18,35H,10-12H2,(H,28,34)(H,30,33)/t18-/m1/s1. The lowest BCUT2D eigenvalue weighted by Gasteiger charge is -2.16. The highest BCUT2D eigenvalue weighted by atomic mass is 19.2. The number of hydrogen-bond donors (Lipinski definition) is 3. The maximum Gasteiger partial charge on any atom is 0.254 e. The van der Waals surface area contributed by atoms with E-state index in [9.17, 15) is 22.8 Å². The molecule has 0 aliphatic carbocycles. The molecule has 3 N–H and O–H groups in total. The number of hydroxylamine groups is 1. The third-order valence-corrected chi connectivity index (χ3v) is 5.47. The highest BCUT2D eigenvalue weighted by Crippen LogP contribution is 2.22. The first-order valence-corrected chi connectivity index (χ1v) is 10.6. The van der Waals surface area contributed by atoms with Crippen LogP contribution in [0.1, 0.15) is 34.1 Å². The molecule has 0 saturated heterocycles. The fourth-order valence-corrected chi connectivity index (χ4v) is 3.70. The van der Waals surface area contributed by atoms with Gasteiger partial charge in [-0.3, -0.25) is 14.8 Å². The van der Waals surface area contributed by atoms with E-state index in [0.29, 0.717) is 12.5 Å². The van der Waals surface area contributed by atoms with Gasteiger partial charge < -0.3 is 5.32 Å². The molecule has 0 unspecified atom stereocenters. The van der Waals surface area contributed by atoms with E-state index >= 15 is 0 Å². The van der Waals surface area contributed by atoms with Crippen LogP contribution < -0.4 is 10.8 Å². The molecule has 0 aliphatic heterocycles. The van der Waals surface area contributed by atoms with Crippen LogP contribution in [0.2, 0.25) is 0 Å². The fourth-order valence-electron chi connectivity index (χ4n) is 3.70. The number of carbonyl (C=O) groups excluding carboxylic acids is 2. The summed E-state index contributed by atoms with van der Waals surface area (Å²) in [4.78, 5) is 24.1. The molecule has 4 aromatic rings. The maximum atomic E-state index is 13.8. The van der Waals surface area contributed by atoms with Crippen LogP contribution in [0.3, 0.4) is 0 Å². The summed E-state index contributed by atoms with van der Waals surface area (Å²) in [5.41, 5.74) is 2.18. The minimum absolute atomic E-state index is 0.0987. The Hall–Kier alpha value is -4.25. The molecule has 2 amide bonds. The molecule has 0 aliphatic rings. The zero-order valence-corrected chi connectivity index (χ0v) is 18.2. The second-order valence-electron chi connectivity index (χ2n) is 7.87. The number of fused-ring (bicyclic) bond motifs is 1. The van der Waals surface area contributed by atoms with Gasteiger partial charge in [0.2, 0.25) is 5.91 Å². The van der Waals surface area contributed by atoms with Crippen molar-refractivity contribution in [1.29, 1.82) is 0 Å². The number of benzene rings is 3. The lowest BCUT2D eigenvalue weighted by atomic mass is 10.00. The third-order valence-electron chi connectivity index (χ3n) is 5.47. The molecule has 0 saturated carbocycles. The van der Waals surface area contributed by atoms with Crippen LogP contribution >= 0.6 is 0 Å². The molecule has 0 fully saturated rings. The fraction of sp³-hybridized carbons (Fsp3) is 0.167. The summed E-state index contributed by atoms with van der Waals surface area (Å²) in [5, 5.41) is 21.4. The molecule has 1 aromatic heterocycles. The van der Waals surface area contributed by atoms with Gasteiger partial charge in [-0.15, -0.1) is 5.10 Å². The summed E-state index contributed by atoms with van der Waals surface area (Å²) in [6.07, 6.45) is 1.80. The van der Waals surface area contributed by atoms with Gasteiger partial charge in [0.05, 0.1) is 30.8 Å². The lowest BCUT2D eigenvalue weighted by molar-refractivity contribution is -0.130. The van der Waals surface area contributed by atoms with E-state index < -0.39 is 40.9 Å². The molecule has 0 spiro atoms. The minimum Gasteiger partial charge on any atom is -0.346 e. The Bertz CT molecular complexity index is 1390. The molecular formula is C24H20F3N5O3. The van der Waals surface area contributed by atoms with Gasteiger partial charge in [0.25, 0.3) is 5.91 Å². The number of nitrogens with one attached hydrogen (secondary N) is 2. The van der Waals surface area contributed by atoms with Gasteiger partial charge in [-0.1, -0.05) is 47.7 Å². The molecule has 4 rings (SSSR count). The molecule has 11 heteroatoms. The first kappa shape index (κ1) is 23.9. The van der Waals surface area contributed by atoms with Crippen molar-refractivity contribution in [3.05, 3.63) is 95.1 Å². The summed E-state index contributed by atoms with van der Waals surface area (Å²) in [6.45, 7) is -0.174. The number of carbonyl (C=O) groups is 2. The van der Waals surface area contributed by atoms with Crippen molar-refractivity contribution >= 4 is 22.6 Å². The van der Waals surface area contributed by atoms with Crippen molar-refractivity contribution in [2.75, 3.05) is 0 Å². The van der Waals surface area contributed by atoms with Gasteiger partial charge in [0.15, 0.2) is 17.5 Å². The SMILES string of the molecule is O=C(C[C@@H](Cc1ccc2ccccc2c1)n1cc(CNC(=O)c2ccc(F)c(F)c2F)nn1)NO. The lowest BCUT2D eigenvalue weighted by Crippen LogP contribution is -2.25. The summed E-state index contributed by atoms with van der Waals surface area (Å²) >= 11 is 0. The molecular weight excluding hydrogens is 463 g/mol. The highest BCUT2D eigenvalue weighted by molar-refractivity contribution is 5.94. The second-order valence-corrected chi connectivity index (χ2v) is 7.87. The molecule has 1 heterocycles. The van der Waals surface area contributed by atoms with E-state index in [1.807, 2.05) is 42.5 Å². The third kappa shape index (κ3) is 5.46. The van der Waals surface area contributed by atoms with Gasteiger partial charge in [0, 0.05) is 0 Å². The molecule has 8 nitrogen and oxygen atoms in total. The second kappa shape index (κ2) is 10.3. The Morgan fingerprint density at radius 2 is 1.77 bits per heavy atom. The molecule has 35 heavy (non-hydrogen) atoms. The number of amides is 2. The van der Waals surface area contributed by atoms with E-state index in [1.165, 1.54) is 10.9 Å². The zero-order valence-electron chi connectivity index (χ0n) is 18.2. The Morgan fingerprint density at radius 3 is 2.54 bits per heavy atom. The Kier molecular flexibility index (Phi) is 7.06. The maximum absolute atomic E-state index is 13.8. The van der Waals surface area contributed by atoms with Crippen molar-refractivity contribution in [1.82, 2.24) is 25.8 Å². The first-order chi connectivity index (χ1) is 16.9. The number of hydrogen-bond acceptors (Lipinski definition) is 5. The molecule has 180 valence electrons. The largest absolute Gasteiger partial charge is 0.346 e. The number of halogens is 3. The van der Waals surface area contributed by atoms with E-state index in [0.717, 1.165) is 22.4 Å². The van der Waals surface area contributed by atoms with Crippen molar-refractivity contribution in [2.24, 2.45) is 0 Å². The van der Waals surface area contributed by atoms with Gasteiger partial charge in [-0.2, -0.15) is 0 Å². The number of nitrogens with zero attached hydrogens (tertiary/aromatic N) is 3. The van der Waals surface area contributed by atoms with Crippen molar-refractivity contribution in [3.8, 4) is 0 Å². The van der Waals surface area contributed by atoms with Crippen LogP contribution in [-0.2, 0) is 17.8 Å².